The molecule has 0 unspecified atom stereocenters. The van der Waals surface area contributed by atoms with Crippen molar-refractivity contribution in [3.8, 4) is 34.6 Å². The van der Waals surface area contributed by atoms with Crippen molar-refractivity contribution in [2.45, 2.75) is 19.6 Å². The molecule has 0 radical (unpaired) electrons. The van der Waals surface area contributed by atoms with E-state index in [9.17, 15) is 15.4 Å². The highest BCUT2D eigenvalue weighted by atomic mass is 16.6. The molecule has 1 aliphatic rings. The van der Waals surface area contributed by atoms with E-state index in [0.717, 1.165) is 5.56 Å². The number of ether oxygens (including phenoxy) is 3. The number of nitro benzene ring substituents is 1. The van der Waals surface area contributed by atoms with Crippen LogP contribution in [0.15, 0.2) is 42.5 Å². The summed E-state index contributed by atoms with van der Waals surface area (Å²) < 4.78 is 16.8. The van der Waals surface area contributed by atoms with Crippen molar-refractivity contribution in [1.29, 1.82) is 5.26 Å². The van der Waals surface area contributed by atoms with Gasteiger partial charge >= 0.3 is 0 Å². The number of non-ortho nitro benzene ring substituents is 1. The number of benzene rings is 2. The molecule has 1 aliphatic heterocycles. The summed E-state index contributed by atoms with van der Waals surface area (Å²) in [7, 11) is 3.19. The van der Waals surface area contributed by atoms with E-state index in [0.29, 0.717) is 58.3 Å². The largest absolute Gasteiger partial charge is 0.493 e. The number of nitriles is 1. The van der Waals surface area contributed by atoms with Gasteiger partial charge in [0.1, 0.15) is 11.8 Å². The fourth-order valence-electron chi connectivity index (χ4n) is 3.79. The van der Waals surface area contributed by atoms with Gasteiger partial charge in [-0.3, -0.25) is 20.4 Å². The SMILES string of the molecule is COc1ccc(CCN[C@H]2Oc3ccc([N+](=O)[O-])cc3-c3nc(C)c(C#N)cc32)cc1OC. The molecule has 0 spiro atoms. The van der Waals surface area contributed by atoms with Gasteiger partial charge in [0.25, 0.3) is 5.69 Å². The number of nitro groups is 1. The number of aryl methyl sites for hydroxylation is 1. The fraction of sp³-hybridized carbons (Fsp3) is 0.250. The number of rotatable bonds is 7. The van der Waals surface area contributed by atoms with Crippen molar-refractivity contribution >= 4 is 5.69 Å². The first-order chi connectivity index (χ1) is 15.9. The topological polar surface area (TPSA) is 120 Å². The number of hydrogen-bond acceptors (Lipinski definition) is 8. The summed E-state index contributed by atoms with van der Waals surface area (Å²) in [6, 6.07) is 14.0. The Labute approximate surface area is 190 Å². The van der Waals surface area contributed by atoms with Gasteiger partial charge in [0, 0.05) is 29.8 Å². The second-order valence-electron chi connectivity index (χ2n) is 7.50. The lowest BCUT2D eigenvalue weighted by molar-refractivity contribution is -0.384. The second-order valence-corrected chi connectivity index (χ2v) is 7.50. The molecule has 2 aromatic carbocycles. The van der Waals surface area contributed by atoms with Crippen LogP contribution in [0.2, 0.25) is 0 Å². The number of nitrogens with one attached hydrogen (secondary N) is 1. The highest BCUT2D eigenvalue weighted by Gasteiger charge is 2.29. The third kappa shape index (κ3) is 4.29. The number of aromatic nitrogens is 1. The zero-order valence-corrected chi connectivity index (χ0v) is 18.4. The van der Waals surface area contributed by atoms with Crippen LogP contribution in [0, 0.1) is 28.4 Å². The summed E-state index contributed by atoms with van der Waals surface area (Å²) in [5.74, 6) is 1.81. The van der Waals surface area contributed by atoms with Gasteiger partial charge in [-0.1, -0.05) is 6.07 Å². The third-order valence-electron chi connectivity index (χ3n) is 5.51. The fourth-order valence-corrected chi connectivity index (χ4v) is 3.79. The molecular weight excluding hydrogens is 424 g/mol. The first kappa shape index (κ1) is 22.0. The summed E-state index contributed by atoms with van der Waals surface area (Å²) in [6.45, 7) is 2.31. The van der Waals surface area contributed by atoms with Gasteiger partial charge in [0.05, 0.1) is 36.1 Å². The molecule has 9 heteroatoms. The van der Waals surface area contributed by atoms with E-state index in [1.54, 1.807) is 33.3 Å². The zero-order chi connectivity index (χ0) is 23.5. The first-order valence-corrected chi connectivity index (χ1v) is 10.3. The van der Waals surface area contributed by atoms with Crippen LogP contribution in [0.4, 0.5) is 5.69 Å². The van der Waals surface area contributed by atoms with Crippen LogP contribution in [-0.2, 0) is 6.42 Å². The zero-order valence-electron chi connectivity index (χ0n) is 18.4. The maximum Gasteiger partial charge on any atom is 0.270 e. The minimum atomic E-state index is -0.561. The first-order valence-electron chi connectivity index (χ1n) is 10.3. The van der Waals surface area contributed by atoms with E-state index in [-0.39, 0.29) is 5.69 Å². The molecule has 0 fully saturated rings. The van der Waals surface area contributed by atoms with Crippen molar-refractivity contribution in [2.24, 2.45) is 0 Å². The lowest BCUT2D eigenvalue weighted by atomic mass is 9.97. The average molecular weight is 446 g/mol. The minimum absolute atomic E-state index is 0.0491. The van der Waals surface area contributed by atoms with Crippen molar-refractivity contribution in [1.82, 2.24) is 10.3 Å². The van der Waals surface area contributed by atoms with Crippen LogP contribution in [-0.4, -0.2) is 30.7 Å². The molecule has 1 atom stereocenters. The molecule has 0 saturated heterocycles. The van der Waals surface area contributed by atoms with Gasteiger partial charge in [-0.15, -0.1) is 0 Å². The summed E-state index contributed by atoms with van der Waals surface area (Å²) in [5, 5.41) is 24.1. The average Bonchev–Trinajstić information content (AvgIpc) is 2.83. The summed E-state index contributed by atoms with van der Waals surface area (Å²) in [5.41, 5.74) is 3.75. The molecule has 2 heterocycles. The van der Waals surface area contributed by atoms with E-state index in [2.05, 4.69) is 16.4 Å². The van der Waals surface area contributed by atoms with E-state index in [1.165, 1.54) is 12.1 Å². The number of hydrogen-bond donors (Lipinski definition) is 1. The second kappa shape index (κ2) is 9.14. The molecule has 0 amide bonds. The summed E-state index contributed by atoms with van der Waals surface area (Å²) in [6.07, 6.45) is 0.127. The number of fused-ring (bicyclic) bond motifs is 3. The molecule has 3 aromatic rings. The van der Waals surface area contributed by atoms with Crippen LogP contribution >= 0.6 is 0 Å². The van der Waals surface area contributed by atoms with Crippen LogP contribution in [0.3, 0.4) is 0 Å². The van der Waals surface area contributed by atoms with Gasteiger partial charge < -0.3 is 14.2 Å². The predicted molar refractivity (Wildman–Crippen MR) is 120 cm³/mol. The lowest BCUT2D eigenvalue weighted by Gasteiger charge is -2.29. The van der Waals surface area contributed by atoms with Gasteiger partial charge in [-0.05, 0) is 43.2 Å². The number of pyridine rings is 1. The Morgan fingerprint density at radius 3 is 2.67 bits per heavy atom. The summed E-state index contributed by atoms with van der Waals surface area (Å²) >= 11 is 0. The molecule has 33 heavy (non-hydrogen) atoms. The Hall–Kier alpha value is -4.16. The third-order valence-corrected chi connectivity index (χ3v) is 5.51. The monoisotopic (exact) mass is 446 g/mol. The van der Waals surface area contributed by atoms with Gasteiger partial charge in [-0.2, -0.15) is 5.26 Å². The van der Waals surface area contributed by atoms with E-state index >= 15 is 0 Å². The maximum atomic E-state index is 11.3. The highest BCUT2D eigenvalue weighted by molar-refractivity contribution is 5.75. The molecule has 9 nitrogen and oxygen atoms in total. The standard InChI is InChI=1S/C24H22N4O5/c1-14-16(13-25)11-19-23(27-14)18-12-17(28(29)30)5-7-20(18)33-24(19)26-9-8-15-4-6-21(31-2)22(10-15)32-3/h4-7,10-12,24,26H,8-9H2,1-3H3/t24-/m0/s1. The molecule has 0 saturated carbocycles. The van der Waals surface area contributed by atoms with E-state index < -0.39 is 11.2 Å². The smallest absolute Gasteiger partial charge is 0.270 e. The van der Waals surface area contributed by atoms with Crippen molar-refractivity contribution in [3.63, 3.8) is 0 Å². The minimum Gasteiger partial charge on any atom is -0.493 e. The van der Waals surface area contributed by atoms with Crippen LogP contribution in [0.25, 0.3) is 11.3 Å². The molecule has 168 valence electrons. The van der Waals surface area contributed by atoms with Crippen LogP contribution in [0.5, 0.6) is 17.2 Å². The van der Waals surface area contributed by atoms with Gasteiger partial charge in [0.2, 0.25) is 0 Å². The molecule has 0 bridgehead atoms. The molecule has 1 aromatic heterocycles. The predicted octanol–water partition coefficient (Wildman–Crippen LogP) is 4.08. The normalized spacial score (nSPS) is 13.8. The number of methoxy groups -OCH3 is 2. The van der Waals surface area contributed by atoms with E-state index in [1.807, 2.05) is 18.2 Å². The Kier molecular flexibility index (Phi) is 6.11. The van der Waals surface area contributed by atoms with E-state index in [4.69, 9.17) is 14.2 Å². The van der Waals surface area contributed by atoms with Crippen LogP contribution in [0.1, 0.15) is 28.6 Å². The Balaban J connectivity index is 1.61. The number of nitrogens with zero attached hydrogens (tertiary/aromatic N) is 3. The van der Waals surface area contributed by atoms with Crippen molar-refractivity contribution < 1.29 is 19.1 Å². The Morgan fingerprint density at radius 2 is 1.97 bits per heavy atom. The van der Waals surface area contributed by atoms with Gasteiger partial charge in [0.15, 0.2) is 17.7 Å². The Bertz CT molecular complexity index is 1270. The Morgan fingerprint density at radius 1 is 1.18 bits per heavy atom. The molecular formula is C24H22N4O5. The van der Waals surface area contributed by atoms with Crippen LogP contribution < -0.4 is 19.5 Å². The molecule has 0 aliphatic carbocycles. The highest BCUT2D eigenvalue weighted by Crippen LogP contribution is 2.42. The van der Waals surface area contributed by atoms with Crippen molar-refractivity contribution in [3.05, 3.63) is 75.0 Å². The quantitative estimate of drug-likeness (QED) is 0.426. The van der Waals surface area contributed by atoms with Gasteiger partial charge in [-0.25, -0.2) is 0 Å². The maximum absolute atomic E-state index is 11.3. The van der Waals surface area contributed by atoms with Crippen molar-refractivity contribution in [2.75, 3.05) is 20.8 Å². The molecule has 1 N–H and O–H groups in total. The summed E-state index contributed by atoms with van der Waals surface area (Å²) in [4.78, 5) is 15.4. The lowest BCUT2D eigenvalue weighted by Crippen LogP contribution is -2.31. The molecule has 4 rings (SSSR count).